The molecule has 216 valence electrons. The molecule has 0 spiro atoms. The van der Waals surface area contributed by atoms with Gasteiger partial charge in [0, 0.05) is 36.5 Å². The maximum atomic E-state index is 13.3. The number of carbonyl (C=O) groups excluding carboxylic acids is 1. The molecule has 2 bridgehead atoms. The molecule has 2 aromatic carbocycles. The van der Waals surface area contributed by atoms with Crippen molar-refractivity contribution < 1.29 is 18.5 Å². The smallest absolute Gasteiger partial charge is 0.286 e. The lowest BCUT2D eigenvalue weighted by atomic mass is 9.70. The lowest BCUT2D eigenvalue weighted by Crippen LogP contribution is -2.43. The van der Waals surface area contributed by atoms with Crippen LogP contribution in [0.3, 0.4) is 0 Å². The Morgan fingerprint density at radius 2 is 2.00 bits per heavy atom. The van der Waals surface area contributed by atoms with Gasteiger partial charge in [-0.25, -0.2) is 9.35 Å². The van der Waals surface area contributed by atoms with E-state index in [0.29, 0.717) is 37.0 Å². The van der Waals surface area contributed by atoms with E-state index in [1.54, 1.807) is 13.2 Å². The molecule has 1 amide bonds. The van der Waals surface area contributed by atoms with E-state index in [-0.39, 0.29) is 17.8 Å². The Labute approximate surface area is 243 Å². The van der Waals surface area contributed by atoms with Crippen molar-refractivity contribution in [3.63, 3.8) is 0 Å². The number of ether oxygens (including phenoxy) is 2. The van der Waals surface area contributed by atoms with E-state index in [1.165, 1.54) is 11.1 Å². The number of halogens is 1. The summed E-state index contributed by atoms with van der Waals surface area (Å²) in [5.41, 5.74) is 3.65. The number of aryl methyl sites for hydroxylation is 1. The molecule has 2 aliphatic heterocycles. The summed E-state index contributed by atoms with van der Waals surface area (Å²) in [4.78, 5) is 15.6. The number of hydrogen-bond acceptors (Lipinski definition) is 5. The first-order valence-corrected chi connectivity index (χ1v) is 16.4. The van der Waals surface area contributed by atoms with Crippen LogP contribution in [0.2, 0.25) is 5.02 Å². The van der Waals surface area contributed by atoms with Gasteiger partial charge in [0.15, 0.2) is 0 Å². The molecule has 7 nitrogen and oxygen atoms in total. The first kappa shape index (κ1) is 29.1. The minimum absolute atomic E-state index is 0.00411. The zero-order chi connectivity index (χ0) is 28.3. The number of rotatable bonds is 1. The van der Waals surface area contributed by atoms with Crippen LogP contribution in [-0.4, -0.2) is 42.2 Å². The van der Waals surface area contributed by atoms with E-state index < -0.39 is 15.8 Å². The van der Waals surface area contributed by atoms with Gasteiger partial charge in [-0.1, -0.05) is 36.7 Å². The molecule has 5 rings (SSSR count). The third-order valence-electron chi connectivity index (χ3n) is 8.42. The van der Waals surface area contributed by atoms with Crippen LogP contribution >= 0.6 is 11.6 Å². The number of nitrogens with zero attached hydrogens (tertiary/aromatic N) is 2. The van der Waals surface area contributed by atoms with E-state index in [1.807, 2.05) is 25.1 Å². The Balaban J connectivity index is 1.62. The van der Waals surface area contributed by atoms with Gasteiger partial charge >= 0.3 is 0 Å². The molecular weight excluding hydrogens is 546 g/mol. The van der Waals surface area contributed by atoms with E-state index in [0.717, 1.165) is 55.1 Å². The third kappa shape index (κ3) is 6.90. The third-order valence-corrected chi connectivity index (χ3v) is 10.2. The van der Waals surface area contributed by atoms with Crippen LogP contribution in [0.15, 0.2) is 52.9 Å². The van der Waals surface area contributed by atoms with Crippen molar-refractivity contribution in [1.82, 2.24) is 0 Å². The molecule has 1 saturated carbocycles. The minimum atomic E-state index is -3.19. The van der Waals surface area contributed by atoms with Crippen molar-refractivity contribution in [2.45, 2.75) is 58.1 Å². The molecule has 0 aromatic heterocycles. The second kappa shape index (κ2) is 12.6. The molecule has 2 heterocycles. The number of methoxy groups -OCH3 is 1. The molecule has 0 saturated heterocycles. The van der Waals surface area contributed by atoms with Crippen LogP contribution in [0.5, 0.6) is 5.75 Å². The first-order chi connectivity index (χ1) is 19.2. The Kier molecular flexibility index (Phi) is 9.20. The second-order valence-electron chi connectivity index (χ2n) is 11.5. The molecule has 0 radical (unpaired) electrons. The summed E-state index contributed by atoms with van der Waals surface area (Å²) >= 11 is 6.40. The topological polar surface area (TPSA) is 94.2 Å². The highest BCUT2D eigenvalue weighted by Crippen LogP contribution is 2.42. The van der Waals surface area contributed by atoms with Crippen molar-refractivity contribution in [3.8, 4) is 5.75 Å². The zero-order valence-electron chi connectivity index (χ0n) is 23.4. The number of allylic oxidation sites excluding steroid dienone is 1. The Morgan fingerprint density at radius 3 is 2.77 bits per heavy atom. The molecule has 2 aromatic rings. The van der Waals surface area contributed by atoms with Gasteiger partial charge in [-0.3, -0.25) is 4.79 Å². The fourth-order valence-electron chi connectivity index (χ4n) is 6.14. The van der Waals surface area contributed by atoms with Crippen molar-refractivity contribution in [2.75, 3.05) is 30.9 Å². The van der Waals surface area contributed by atoms with Gasteiger partial charge in [0.1, 0.15) is 15.7 Å². The molecule has 9 heteroatoms. The number of carbonyl (C=O) groups is 1. The lowest BCUT2D eigenvalue weighted by molar-refractivity contribution is 0.0133. The predicted molar refractivity (Wildman–Crippen MR) is 161 cm³/mol. The number of nitrogens with two attached hydrogens (primary N) is 1. The van der Waals surface area contributed by atoms with E-state index in [9.17, 15) is 9.00 Å². The molecule has 3 aliphatic rings. The molecule has 2 N–H and O–H groups in total. The summed E-state index contributed by atoms with van der Waals surface area (Å²) in [6, 6.07) is 11.5. The van der Waals surface area contributed by atoms with Crippen LogP contribution in [0.4, 0.5) is 5.69 Å². The Morgan fingerprint density at radius 1 is 1.15 bits per heavy atom. The van der Waals surface area contributed by atoms with Crippen LogP contribution < -0.4 is 14.8 Å². The first-order valence-electron chi connectivity index (χ1n) is 14.3. The average molecular weight is 586 g/mol. The van der Waals surface area contributed by atoms with Gasteiger partial charge in [-0.15, -0.1) is 4.36 Å². The molecule has 1 fully saturated rings. The second-order valence-corrected chi connectivity index (χ2v) is 13.8. The lowest BCUT2D eigenvalue weighted by Gasteiger charge is -2.43. The number of fused-ring (bicyclic) bond motifs is 3. The van der Waals surface area contributed by atoms with Gasteiger partial charge in [-0.2, -0.15) is 0 Å². The molecule has 5 atom stereocenters. The van der Waals surface area contributed by atoms with Gasteiger partial charge in [0.05, 0.1) is 18.4 Å². The molecule has 40 heavy (non-hydrogen) atoms. The van der Waals surface area contributed by atoms with Gasteiger partial charge < -0.3 is 14.4 Å². The normalized spacial score (nSPS) is 30.4. The fourth-order valence-corrected chi connectivity index (χ4v) is 7.75. The summed E-state index contributed by atoms with van der Waals surface area (Å²) in [5.74, 6) is 1.13. The van der Waals surface area contributed by atoms with Gasteiger partial charge in [0.25, 0.3) is 5.91 Å². The van der Waals surface area contributed by atoms with Crippen LogP contribution in [0, 0.1) is 17.8 Å². The Bertz CT molecular complexity index is 1390. The predicted octanol–water partition coefficient (Wildman–Crippen LogP) is 6.18. The quantitative estimate of drug-likeness (QED) is 0.403. The number of anilines is 1. The van der Waals surface area contributed by atoms with Crippen LogP contribution in [-0.2, 0) is 27.6 Å². The van der Waals surface area contributed by atoms with Crippen molar-refractivity contribution in [2.24, 2.45) is 27.3 Å². The average Bonchev–Trinajstić information content (AvgIpc) is 2.92. The van der Waals surface area contributed by atoms with E-state index in [2.05, 4.69) is 33.5 Å². The number of benzene rings is 2. The Hall–Kier alpha value is -2.39. The van der Waals surface area contributed by atoms with Gasteiger partial charge in [0.2, 0.25) is 0 Å². The number of hydrogen-bond donors (Lipinski definition) is 1. The highest BCUT2D eigenvalue weighted by Gasteiger charge is 2.38. The fraction of sp³-hybridized carbons (Fsp3) is 0.516. The summed E-state index contributed by atoms with van der Waals surface area (Å²) in [6.07, 6.45) is 9.96. The number of amides is 1. The monoisotopic (exact) mass is 585 g/mol. The van der Waals surface area contributed by atoms with Crippen LogP contribution in [0.25, 0.3) is 0 Å². The maximum absolute atomic E-state index is 13.3. The zero-order valence-corrected chi connectivity index (χ0v) is 25.0. The summed E-state index contributed by atoms with van der Waals surface area (Å²) in [7, 11) is -1.42. The van der Waals surface area contributed by atoms with Crippen LogP contribution in [0.1, 0.15) is 60.5 Å². The van der Waals surface area contributed by atoms with Gasteiger partial charge in [-0.05, 0) is 97.7 Å². The van der Waals surface area contributed by atoms with Crippen molar-refractivity contribution in [1.29, 1.82) is 0 Å². The molecule has 0 unspecified atom stereocenters. The van der Waals surface area contributed by atoms with Crippen molar-refractivity contribution >= 4 is 33.1 Å². The molecule has 1 aliphatic carbocycles. The highest BCUT2D eigenvalue weighted by molar-refractivity contribution is 7.91. The van der Waals surface area contributed by atoms with Crippen molar-refractivity contribution in [3.05, 3.63) is 70.3 Å². The summed E-state index contributed by atoms with van der Waals surface area (Å²) in [6.45, 7) is 3.99. The standard InChI is InChI=1S/C31H40ClN3O4S/c1-21-6-5-8-29(38-2)27-13-10-25(27)19-35-18-24-9-12-26(32)16-22(24)7-3-4-15-39-30-14-11-23(17-28(30)35)31(36)34-40(33,37)20-21/h5,8-9,11-12,14,16-17,21,25,27,29H,3-4,6-7,10,13,15,18-20H2,1-2H3,(H2,33,34,36,37)/b8-5+/t21-,25-,27+,29-,40+/m0/s1. The minimum Gasteiger partial charge on any atom is -0.491 e. The summed E-state index contributed by atoms with van der Waals surface area (Å²) < 4.78 is 29.4. The van der Waals surface area contributed by atoms with E-state index >= 15 is 0 Å². The highest BCUT2D eigenvalue weighted by atomic mass is 35.5. The largest absolute Gasteiger partial charge is 0.491 e. The maximum Gasteiger partial charge on any atom is 0.286 e. The summed E-state index contributed by atoms with van der Waals surface area (Å²) in [5, 5.41) is 6.81. The molecular formula is C31H40ClN3O4S. The SMILES string of the molecule is CO[C@H]1/C=C/C[C@H](C)C[S@](N)(=O)=NC(=O)c2ccc3c(c2)N(Cc2ccc(Cl)cc2CCCCO3)C[C@@H]2CC[C@H]21. The van der Waals surface area contributed by atoms with E-state index in [4.69, 9.17) is 26.2 Å².